The molecule has 0 aliphatic carbocycles. The lowest BCUT2D eigenvalue weighted by Gasteiger charge is -2.10. The van der Waals surface area contributed by atoms with Crippen molar-refractivity contribution in [2.75, 3.05) is 12.4 Å². The zero-order valence-corrected chi connectivity index (χ0v) is 11.6. The number of para-hydroxylation sites is 1. The van der Waals surface area contributed by atoms with Crippen LogP contribution in [0.3, 0.4) is 0 Å². The summed E-state index contributed by atoms with van der Waals surface area (Å²) in [5, 5.41) is 13.5. The maximum Gasteiger partial charge on any atom is 0.329 e. The number of anilines is 1. The number of rotatable bonds is 5. The number of hydrogen-bond donors (Lipinski definition) is 1. The lowest BCUT2D eigenvalue weighted by molar-refractivity contribution is -0.384. The van der Waals surface area contributed by atoms with E-state index in [1.165, 1.54) is 19.2 Å². The van der Waals surface area contributed by atoms with Crippen molar-refractivity contribution < 1.29 is 14.1 Å². The number of halogens is 2. The molecule has 0 fully saturated rings. The Kier molecular flexibility index (Phi) is 4.49. The van der Waals surface area contributed by atoms with Crippen LogP contribution in [0.25, 0.3) is 0 Å². The van der Waals surface area contributed by atoms with Gasteiger partial charge in [-0.2, -0.15) is 4.98 Å². The largest absolute Gasteiger partial charge is 0.493 e. The Hall–Kier alpha value is -2.48. The van der Waals surface area contributed by atoms with Gasteiger partial charge in [-0.25, -0.2) is 9.37 Å². The van der Waals surface area contributed by atoms with Crippen LogP contribution in [0, 0.1) is 15.9 Å². The molecule has 0 bridgehead atoms. The van der Waals surface area contributed by atoms with Crippen LogP contribution < -0.4 is 10.1 Å². The molecule has 0 atom stereocenters. The van der Waals surface area contributed by atoms with Crippen LogP contribution in [0.5, 0.6) is 5.75 Å². The third kappa shape index (κ3) is 3.34. The molecule has 0 unspecified atom stereocenters. The standard InChI is InChI=1S/C12H10ClFN4O3/c1-21-10-7(3-2-4-8(10)14)5-15-11-9(18(19)20)6-16-12(13)17-11/h2-4,6H,5H2,1H3,(H,15,16,17). The number of nitrogens with zero attached hydrogens (tertiary/aromatic N) is 3. The summed E-state index contributed by atoms with van der Waals surface area (Å²) in [5.41, 5.74) is 0.163. The van der Waals surface area contributed by atoms with Crippen molar-refractivity contribution in [1.29, 1.82) is 0 Å². The second kappa shape index (κ2) is 6.31. The van der Waals surface area contributed by atoms with Gasteiger partial charge in [0.15, 0.2) is 11.6 Å². The normalized spacial score (nSPS) is 10.2. The fourth-order valence-corrected chi connectivity index (χ4v) is 1.85. The number of benzene rings is 1. The summed E-state index contributed by atoms with van der Waals surface area (Å²) in [7, 11) is 1.34. The average molecular weight is 313 g/mol. The molecule has 110 valence electrons. The van der Waals surface area contributed by atoms with Crippen LogP contribution in [0.2, 0.25) is 5.28 Å². The number of nitrogens with one attached hydrogen (secondary N) is 1. The van der Waals surface area contributed by atoms with Crippen molar-refractivity contribution in [3.05, 3.63) is 51.2 Å². The van der Waals surface area contributed by atoms with Gasteiger partial charge in [0.25, 0.3) is 0 Å². The second-order valence-corrected chi connectivity index (χ2v) is 4.25. The number of hydrogen-bond acceptors (Lipinski definition) is 6. The zero-order chi connectivity index (χ0) is 15.4. The van der Waals surface area contributed by atoms with E-state index < -0.39 is 10.7 Å². The maximum atomic E-state index is 13.5. The van der Waals surface area contributed by atoms with Crippen molar-refractivity contribution in [2.45, 2.75) is 6.54 Å². The van der Waals surface area contributed by atoms with Crippen LogP contribution >= 0.6 is 11.6 Å². The highest BCUT2D eigenvalue weighted by Crippen LogP contribution is 2.26. The summed E-state index contributed by atoms with van der Waals surface area (Å²) in [6.45, 7) is 0.0785. The fraction of sp³-hybridized carbons (Fsp3) is 0.167. The minimum atomic E-state index is -0.637. The highest BCUT2D eigenvalue weighted by molar-refractivity contribution is 6.28. The van der Waals surface area contributed by atoms with Gasteiger partial charge in [-0.05, 0) is 17.7 Å². The van der Waals surface area contributed by atoms with Gasteiger partial charge in [0.1, 0.15) is 6.20 Å². The molecule has 21 heavy (non-hydrogen) atoms. The second-order valence-electron chi connectivity index (χ2n) is 3.92. The predicted molar refractivity (Wildman–Crippen MR) is 74.0 cm³/mol. The quantitative estimate of drug-likeness (QED) is 0.518. The van der Waals surface area contributed by atoms with Gasteiger partial charge in [0, 0.05) is 12.1 Å². The Balaban J connectivity index is 2.26. The fourth-order valence-electron chi connectivity index (χ4n) is 1.72. The molecule has 0 spiro atoms. The van der Waals surface area contributed by atoms with Gasteiger partial charge < -0.3 is 10.1 Å². The van der Waals surface area contributed by atoms with Crippen LogP contribution in [-0.2, 0) is 6.54 Å². The highest BCUT2D eigenvalue weighted by Gasteiger charge is 2.17. The molecule has 0 amide bonds. The van der Waals surface area contributed by atoms with E-state index in [0.29, 0.717) is 5.56 Å². The number of methoxy groups -OCH3 is 1. The molecule has 1 heterocycles. The van der Waals surface area contributed by atoms with E-state index in [9.17, 15) is 14.5 Å². The molecule has 1 aromatic carbocycles. The van der Waals surface area contributed by atoms with Crippen LogP contribution in [0.1, 0.15) is 5.56 Å². The maximum absolute atomic E-state index is 13.5. The van der Waals surface area contributed by atoms with Crippen molar-refractivity contribution in [3.8, 4) is 5.75 Å². The number of nitro groups is 1. The van der Waals surface area contributed by atoms with Gasteiger partial charge in [0.2, 0.25) is 11.1 Å². The first-order valence-electron chi connectivity index (χ1n) is 5.75. The Morgan fingerprint density at radius 1 is 1.52 bits per heavy atom. The van der Waals surface area contributed by atoms with E-state index in [1.54, 1.807) is 6.07 Å². The van der Waals surface area contributed by atoms with Crippen LogP contribution in [0.15, 0.2) is 24.4 Å². The monoisotopic (exact) mass is 312 g/mol. The predicted octanol–water partition coefficient (Wildman–Crippen LogP) is 2.80. The topological polar surface area (TPSA) is 90.2 Å². The molecular weight excluding hydrogens is 303 g/mol. The summed E-state index contributed by atoms with van der Waals surface area (Å²) < 4.78 is 18.5. The van der Waals surface area contributed by atoms with E-state index in [0.717, 1.165) is 6.20 Å². The summed E-state index contributed by atoms with van der Waals surface area (Å²) in [5.74, 6) is -0.508. The molecule has 0 saturated carbocycles. The molecule has 0 saturated heterocycles. The van der Waals surface area contributed by atoms with Crippen molar-refractivity contribution >= 4 is 23.1 Å². The third-order valence-electron chi connectivity index (χ3n) is 2.64. The molecule has 0 radical (unpaired) electrons. The van der Waals surface area contributed by atoms with E-state index in [2.05, 4.69) is 15.3 Å². The summed E-state index contributed by atoms with van der Waals surface area (Å²) >= 11 is 5.62. The summed E-state index contributed by atoms with van der Waals surface area (Å²) in [4.78, 5) is 17.5. The first-order valence-corrected chi connectivity index (χ1v) is 6.13. The lowest BCUT2D eigenvalue weighted by atomic mass is 10.2. The molecular formula is C12H10ClFN4O3. The molecule has 7 nitrogen and oxygen atoms in total. The highest BCUT2D eigenvalue weighted by atomic mass is 35.5. The third-order valence-corrected chi connectivity index (χ3v) is 2.82. The number of aromatic nitrogens is 2. The van der Waals surface area contributed by atoms with E-state index in [4.69, 9.17) is 16.3 Å². The van der Waals surface area contributed by atoms with Gasteiger partial charge in [-0.1, -0.05) is 12.1 Å². The molecule has 2 aromatic rings. The smallest absolute Gasteiger partial charge is 0.329 e. The molecule has 2 rings (SSSR count). The molecule has 0 aliphatic rings. The Morgan fingerprint density at radius 2 is 2.29 bits per heavy atom. The van der Waals surface area contributed by atoms with E-state index in [1.807, 2.05) is 0 Å². The SMILES string of the molecule is COc1c(F)cccc1CNc1nc(Cl)ncc1[N+](=O)[O-]. The van der Waals surface area contributed by atoms with E-state index >= 15 is 0 Å². The lowest BCUT2D eigenvalue weighted by Crippen LogP contribution is -2.07. The van der Waals surface area contributed by atoms with Gasteiger partial charge in [-0.15, -0.1) is 0 Å². The Labute approximate surface area is 123 Å². The number of ether oxygens (including phenoxy) is 1. The van der Waals surface area contributed by atoms with E-state index in [-0.39, 0.29) is 29.1 Å². The van der Waals surface area contributed by atoms with Crippen molar-refractivity contribution in [3.63, 3.8) is 0 Å². The molecule has 0 aliphatic heterocycles. The van der Waals surface area contributed by atoms with Crippen molar-refractivity contribution in [2.24, 2.45) is 0 Å². The first kappa shape index (κ1) is 14.9. The zero-order valence-electron chi connectivity index (χ0n) is 10.8. The molecule has 1 N–H and O–H groups in total. The van der Waals surface area contributed by atoms with Gasteiger partial charge in [-0.3, -0.25) is 10.1 Å². The minimum absolute atomic E-state index is 0.0497. The van der Waals surface area contributed by atoms with Crippen molar-refractivity contribution in [1.82, 2.24) is 9.97 Å². The van der Waals surface area contributed by atoms with Gasteiger partial charge >= 0.3 is 5.69 Å². The summed E-state index contributed by atoms with van der Waals surface area (Å²) in [6, 6.07) is 4.39. The Bertz CT molecular complexity index is 684. The van der Waals surface area contributed by atoms with Gasteiger partial charge in [0.05, 0.1) is 12.0 Å². The molecule has 9 heteroatoms. The average Bonchev–Trinajstić information content (AvgIpc) is 2.44. The Morgan fingerprint density at radius 3 is 2.95 bits per heavy atom. The minimum Gasteiger partial charge on any atom is -0.493 e. The first-order chi connectivity index (χ1) is 10.0. The molecule has 1 aromatic heterocycles. The van der Waals surface area contributed by atoms with Crippen LogP contribution in [0.4, 0.5) is 15.9 Å². The summed E-state index contributed by atoms with van der Waals surface area (Å²) in [6.07, 6.45) is 1.00. The van der Waals surface area contributed by atoms with Crippen LogP contribution in [-0.4, -0.2) is 22.0 Å².